The number of pyridine rings is 2. The number of ether oxygens (including phenoxy) is 2. The molecule has 0 spiro atoms. The third kappa shape index (κ3) is 4.96. The number of hydrogen-bond acceptors (Lipinski definition) is 4. The van der Waals surface area contributed by atoms with Crippen LogP contribution in [-0.2, 0) is 13.2 Å². The van der Waals surface area contributed by atoms with Crippen LogP contribution in [0.4, 0.5) is 4.39 Å². The van der Waals surface area contributed by atoms with Crippen LogP contribution in [0.15, 0.2) is 91.1 Å². The minimum Gasteiger partial charge on any atom is -0.473 e. The lowest BCUT2D eigenvalue weighted by Gasteiger charge is -2.13. The molecule has 4 nitrogen and oxygen atoms in total. The molecule has 2 heterocycles. The van der Waals surface area contributed by atoms with Gasteiger partial charge in [0.15, 0.2) is 0 Å². The highest BCUT2D eigenvalue weighted by Crippen LogP contribution is 2.31. The van der Waals surface area contributed by atoms with Crippen LogP contribution in [0.2, 0.25) is 0 Å². The zero-order valence-corrected chi connectivity index (χ0v) is 15.7. The van der Waals surface area contributed by atoms with Gasteiger partial charge in [-0.25, -0.2) is 4.98 Å². The summed E-state index contributed by atoms with van der Waals surface area (Å²) in [7, 11) is 0. The number of rotatable bonds is 7. The average molecular weight is 386 g/mol. The Labute approximate surface area is 168 Å². The molecule has 4 aromatic rings. The zero-order chi connectivity index (χ0) is 19.9. The minimum atomic E-state index is -0.555. The number of nitrogens with zero attached hydrogens (tertiary/aromatic N) is 2. The maximum atomic E-state index is 13.6. The van der Waals surface area contributed by atoms with Gasteiger partial charge in [0.25, 0.3) is 0 Å². The summed E-state index contributed by atoms with van der Waals surface area (Å²) in [6.45, 7) is 0.742. The Morgan fingerprint density at radius 1 is 0.724 bits per heavy atom. The molecule has 0 aliphatic rings. The normalized spacial score (nSPS) is 10.5. The van der Waals surface area contributed by atoms with Crippen LogP contribution in [0.3, 0.4) is 0 Å². The fraction of sp³-hybridized carbons (Fsp3) is 0.0833. The Kier molecular flexibility index (Phi) is 5.76. The third-order valence-corrected chi connectivity index (χ3v) is 4.32. The van der Waals surface area contributed by atoms with Crippen LogP contribution >= 0.6 is 0 Å². The summed E-state index contributed by atoms with van der Waals surface area (Å²) in [4.78, 5) is 8.14. The van der Waals surface area contributed by atoms with Gasteiger partial charge in [-0.2, -0.15) is 9.37 Å². The van der Waals surface area contributed by atoms with E-state index in [2.05, 4.69) is 9.97 Å². The van der Waals surface area contributed by atoms with Gasteiger partial charge in [-0.05, 0) is 28.8 Å². The van der Waals surface area contributed by atoms with Crippen LogP contribution in [0.1, 0.15) is 11.1 Å². The van der Waals surface area contributed by atoms with Crippen molar-refractivity contribution in [3.63, 3.8) is 0 Å². The first kappa shape index (κ1) is 18.6. The molecule has 2 aromatic carbocycles. The van der Waals surface area contributed by atoms with E-state index < -0.39 is 5.95 Å². The molecule has 0 radical (unpaired) electrons. The number of halogens is 1. The quantitative estimate of drug-likeness (QED) is 0.397. The Morgan fingerprint density at radius 3 is 2.03 bits per heavy atom. The zero-order valence-electron chi connectivity index (χ0n) is 15.7. The first-order valence-corrected chi connectivity index (χ1v) is 9.24. The molecule has 0 saturated carbocycles. The fourth-order valence-corrected chi connectivity index (χ4v) is 2.86. The number of aromatic nitrogens is 2. The second-order valence-electron chi connectivity index (χ2n) is 6.42. The van der Waals surface area contributed by atoms with Gasteiger partial charge in [-0.15, -0.1) is 0 Å². The van der Waals surface area contributed by atoms with Crippen LogP contribution in [0.25, 0.3) is 11.1 Å². The van der Waals surface area contributed by atoms with Gasteiger partial charge in [0, 0.05) is 23.9 Å². The van der Waals surface area contributed by atoms with E-state index >= 15 is 0 Å². The SMILES string of the molecule is Fc1cc(-c2ccc(OCc3ccccc3)nc2OCc2ccccc2)ccn1. The molecule has 0 atom stereocenters. The lowest BCUT2D eigenvalue weighted by atomic mass is 10.1. The van der Waals surface area contributed by atoms with E-state index in [9.17, 15) is 4.39 Å². The van der Waals surface area contributed by atoms with Crippen LogP contribution in [0.5, 0.6) is 11.8 Å². The average Bonchev–Trinajstić information content (AvgIpc) is 2.78. The highest BCUT2D eigenvalue weighted by atomic mass is 19.1. The van der Waals surface area contributed by atoms with Gasteiger partial charge < -0.3 is 9.47 Å². The summed E-state index contributed by atoms with van der Waals surface area (Å²) >= 11 is 0. The Bertz CT molecular complexity index is 1070. The van der Waals surface area contributed by atoms with E-state index in [1.54, 1.807) is 12.1 Å². The monoisotopic (exact) mass is 386 g/mol. The van der Waals surface area contributed by atoms with Crippen molar-refractivity contribution in [2.45, 2.75) is 13.2 Å². The van der Waals surface area contributed by atoms with E-state index in [-0.39, 0.29) is 0 Å². The van der Waals surface area contributed by atoms with Gasteiger partial charge in [0.05, 0.1) is 0 Å². The summed E-state index contributed by atoms with van der Waals surface area (Å²) in [5.74, 6) is 0.265. The van der Waals surface area contributed by atoms with Crippen molar-refractivity contribution < 1.29 is 13.9 Å². The van der Waals surface area contributed by atoms with E-state index in [0.717, 1.165) is 11.1 Å². The minimum absolute atomic E-state index is 0.344. The first-order chi connectivity index (χ1) is 14.3. The van der Waals surface area contributed by atoms with Crippen molar-refractivity contribution in [3.8, 4) is 22.9 Å². The summed E-state index contributed by atoms with van der Waals surface area (Å²) in [6.07, 6.45) is 1.42. The summed E-state index contributed by atoms with van der Waals surface area (Å²) in [6, 6.07) is 26.3. The van der Waals surface area contributed by atoms with E-state index in [4.69, 9.17) is 9.47 Å². The van der Waals surface area contributed by atoms with Gasteiger partial charge in [0.1, 0.15) is 13.2 Å². The highest BCUT2D eigenvalue weighted by molar-refractivity contribution is 5.68. The molecule has 0 aliphatic heterocycles. The topological polar surface area (TPSA) is 44.2 Å². The molecule has 0 amide bonds. The van der Waals surface area contributed by atoms with Crippen LogP contribution in [-0.4, -0.2) is 9.97 Å². The van der Waals surface area contributed by atoms with Crippen LogP contribution in [0, 0.1) is 5.95 Å². The lowest BCUT2D eigenvalue weighted by Crippen LogP contribution is -2.02. The molecule has 0 aliphatic carbocycles. The molecule has 5 heteroatoms. The largest absolute Gasteiger partial charge is 0.473 e. The van der Waals surface area contributed by atoms with Crippen molar-refractivity contribution in [3.05, 3.63) is 108 Å². The summed E-state index contributed by atoms with van der Waals surface area (Å²) in [5, 5.41) is 0. The van der Waals surface area contributed by atoms with E-state index in [1.165, 1.54) is 12.3 Å². The Balaban J connectivity index is 1.59. The van der Waals surface area contributed by atoms with Gasteiger partial charge in [-0.3, -0.25) is 0 Å². The number of benzene rings is 2. The molecule has 29 heavy (non-hydrogen) atoms. The molecule has 0 fully saturated rings. The molecule has 0 bridgehead atoms. The molecule has 0 saturated heterocycles. The Hall–Kier alpha value is -3.73. The number of hydrogen-bond donors (Lipinski definition) is 0. The molecule has 0 N–H and O–H groups in total. The highest BCUT2D eigenvalue weighted by Gasteiger charge is 2.12. The standard InChI is InChI=1S/C24H19FN2O2/c25-22-15-20(13-14-26-22)21-11-12-23(28-16-18-7-3-1-4-8-18)27-24(21)29-17-19-9-5-2-6-10-19/h1-15H,16-17H2. The predicted octanol–water partition coefficient (Wildman–Crippen LogP) is 5.44. The molecular formula is C24H19FN2O2. The smallest absolute Gasteiger partial charge is 0.225 e. The summed E-state index contributed by atoms with van der Waals surface area (Å²) in [5.41, 5.74) is 3.37. The molecule has 4 rings (SSSR count). The van der Waals surface area contributed by atoms with Gasteiger partial charge in [0.2, 0.25) is 17.7 Å². The fourth-order valence-electron chi connectivity index (χ4n) is 2.86. The predicted molar refractivity (Wildman–Crippen MR) is 109 cm³/mol. The third-order valence-electron chi connectivity index (χ3n) is 4.32. The molecule has 2 aromatic heterocycles. The Morgan fingerprint density at radius 2 is 1.38 bits per heavy atom. The summed E-state index contributed by atoms with van der Waals surface area (Å²) < 4.78 is 25.4. The van der Waals surface area contributed by atoms with E-state index in [1.807, 2.05) is 66.7 Å². The van der Waals surface area contributed by atoms with Gasteiger partial charge in [-0.1, -0.05) is 60.7 Å². The van der Waals surface area contributed by atoms with Crippen molar-refractivity contribution in [2.75, 3.05) is 0 Å². The molecule has 144 valence electrons. The lowest BCUT2D eigenvalue weighted by molar-refractivity contribution is 0.268. The van der Waals surface area contributed by atoms with E-state index in [0.29, 0.717) is 36.1 Å². The van der Waals surface area contributed by atoms with Crippen molar-refractivity contribution in [2.24, 2.45) is 0 Å². The van der Waals surface area contributed by atoms with Gasteiger partial charge >= 0.3 is 0 Å². The molecular weight excluding hydrogens is 367 g/mol. The van der Waals surface area contributed by atoms with Crippen molar-refractivity contribution >= 4 is 0 Å². The maximum absolute atomic E-state index is 13.6. The maximum Gasteiger partial charge on any atom is 0.225 e. The first-order valence-electron chi connectivity index (χ1n) is 9.24. The second kappa shape index (κ2) is 8.97. The second-order valence-corrected chi connectivity index (χ2v) is 6.42. The van der Waals surface area contributed by atoms with Crippen molar-refractivity contribution in [1.82, 2.24) is 9.97 Å². The van der Waals surface area contributed by atoms with Crippen molar-refractivity contribution in [1.29, 1.82) is 0 Å². The van der Waals surface area contributed by atoms with Crippen LogP contribution < -0.4 is 9.47 Å². The molecule has 0 unspecified atom stereocenters.